The maximum absolute atomic E-state index is 13.4. The minimum Gasteiger partial charge on any atom is -0.352 e. The van der Waals surface area contributed by atoms with Gasteiger partial charge in [0.25, 0.3) is 5.56 Å². The Morgan fingerprint density at radius 3 is 2.79 bits per heavy atom. The smallest absolute Gasteiger partial charge is 0.291 e. The molecule has 0 aliphatic heterocycles. The number of hydrogen-bond donors (Lipinski definition) is 1. The van der Waals surface area contributed by atoms with E-state index >= 15 is 0 Å². The number of benzene rings is 1. The van der Waals surface area contributed by atoms with Gasteiger partial charge in [0.15, 0.2) is 0 Å². The third-order valence-corrected chi connectivity index (χ3v) is 4.12. The van der Waals surface area contributed by atoms with E-state index in [2.05, 4.69) is 10.4 Å². The Labute approximate surface area is 137 Å². The van der Waals surface area contributed by atoms with Crippen LogP contribution < -0.4 is 10.9 Å². The van der Waals surface area contributed by atoms with E-state index in [9.17, 15) is 14.0 Å². The van der Waals surface area contributed by atoms with E-state index in [0.29, 0.717) is 22.2 Å². The Hall–Kier alpha value is -2.70. The van der Waals surface area contributed by atoms with Gasteiger partial charge >= 0.3 is 0 Å². The van der Waals surface area contributed by atoms with Crippen LogP contribution in [0, 0.1) is 12.7 Å². The zero-order valence-corrected chi connectivity index (χ0v) is 13.8. The Balaban J connectivity index is 2.08. The first-order valence-corrected chi connectivity index (χ1v) is 7.88. The van der Waals surface area contributed by atoms with E-state index < -0.39 is 0 Å². The van der Waals surface area contributed by atoms with E-state index in [1.54, 1.807) is 23.5 Å². The molecule has 1 aromatic carbocycles. The van der Waals surface area contributed by atoms with Gasteiger partial charge in [-0.05, 0) is 44.5 Å². The van der Waals surface area contributed by atoms with Crippen molar-refractivity contribution in [2.24, 2.45) is 0 Å². The van der Waals surface area contributed by atoms with Crippen LogP contribution >= 0.6 is 0 Å². The summed E-state index contributed by atoms with van der Waals surface area (Å²) in [6.45, 7) is 5.47. The molecule has 1 amide bonds. The zero-order valence-electron chi connectivity index (χ0n) is 13.8. The van der Waals surface area contributed by atoms with Gasteiger partial charge in [-0.1, -0.05) is 6.92 Å². The Morgan fingerprint density at radius 2 is 2.08 bits per heavy atom. The standard InChI is InChI=1S/C17H19FN4O2/c1-4-10(2)19-16(23)9-21-17(24)15-8-12-7-13(18)5-6-14(12)22(15)11(3)20-21/h5-8,10H,4,9H2,1-3H3,(H,19,23). The number of nitrogens with zero attached hydrogens (tertiary/aromatic N) is 3. The fourth-order valence-electron chi connectivity index (χ4n) is 2.76. The molecule has 3 aromatic rings. The number of carbonyl (C=O) groups excluding carboxylic acids is 1. The normalized spacial score (nSPS) is 12.7. The maximum atomic E-state index is 13.4. The molecule has 126 valence electrons. The van der Waals surface area contributed by atoms with Gasteiger partial charge in [-0.2, -0.15) is 5.10 Å². The van der Waals surface area contributed by atoms with E-state index in [0.717, 1.165) is 11.1 Å². The highest BCUT2D eigenvalue weighted by Crippen LogP contribution is 2.20. The van der Waals surface area contributed by atoms with Gasteiger partial charge in [0, 0.05) is 11.4 Å². The fourth-order valence-corrected chi connectivity index (χ4v) is 2.76. The summed E-state index contributed by atoms with van der Waals surface area (Å²) in [5, 5.41) is 7.67. The van der Waals surface area contributed by atoms with Crippen molar-refractivity contribution in [3.8, 4) is 0 Å². The number of hydrogen-bond acceptors (Lipinski definition) is 3. The van der Waals surface area contributed by atoms with E-state index in [1.165, 1.54) is 12.1 Å². The van der Waals surface area contributed by atoms with Crippen LogP contribution in [0.15, 0.2) is 29.1 Å². The monoisotopic (exact) mass is 330 g/mol. The van der Waals surface area contributed by atoms with Gasteiger partial charge in [-0.15, -0.1) is 0 Å². The van der Waals surface area contributed by atoms with Crippen LogP contribution in [0.4, 0.5) is 4.39 Å². The predicted molar refractivity (Wildman–Crippen MR) is 89.5 cm³/mol. The van der Waals surface area contributed by atoms with E-state index in [-0.39, 0.29) is 29.9 Å². The molecule has 3 rings (SSSR count). The first-order chi connectivity index (χ1) is 11.4. The third-order valence-electron chi connectivity index (χ3n) is 4.12. The Kier molecular flexibility index (Phi) is 4.09. The Bertz CT molecular complexity index is 990. The summed E-state index contributed by atoms with van der Waals surface area (Å²) in [7, 11) is 0. The summed E-state index contributed by atoms with van der Waals surface area (Å²) >= 11 is 0. The van der Waals surface area contributed by atoms with Crippen LogP contribution in [0.25, 0.3) is 16.4 Å². The first-order valence-electron chi connectivity index (χ1n) is 7.88. The van der Waals surface area contributed by atoms with Gasteiger partial charge < -0.3 is 5.32 Å². The van der Waals surface area contributed by atoms with Crippen LogP contribution in [0.2, 0.25) is 0 Å². The van der Waals surface area contributed by atoms with Gasteiger partial charge in [0.2, 0.25) is 5.91 Å². The average molecular weight is 330 g/mol. The SMILES string of the molecule is CCC(C)NC(=O)Cn1nc(C)n2c(cc3cc(F)ccc32)c1=O. The molecule has 0 aliphatic rings. The summed E-state index contributed by atoms with van der Waals surface area (Å²) in [5.74, 6) is -0.0651. The second-order valence-electron chi connectivity index (χ2n) is 5.95. The highest BCUT2D eigenvalue weighted by atomic mass is 19.1. The number of carbonyl (C=O) groups is 1. The summed E-state index contributed by atoms with van der Waals surface area (Å²) in [6, 6.07) is 6.00. The molecule has 1 unspecified atom stereocenters. The van der Waals surface area contributed by atoms with Gasteiger partial charge in [-0.25, -0.2) is 9.07 Å². The van der Waals surface area contributed by atoms with Crippen LogP contribution in [-0.2, 0) is 11.3 Å². The lowest BCUT2D eigenvalue weighted by Crippen LogP contribution is -2.38. The van der Waals surface area contributed by atoms with Crippen molar-refractivity contribution >= 4 is 22.3 Å². The van der Waals surface area contributed by atoms with Crippen molar-refractivity contribution in [2.75, 3.05) is 0 Å². The fraction of sp³-hybridized carbons (Fsp3) is 0.353. The molecule has 6 nitrogen and oxygen atoms in total. The van der Waals surface area contributed by atoms with Crippen LogP contribution in [0.3, 0.4) is 0 Å². The highest BCUT2D eigenvalue weighted by molar-refractivity contribution is 5.87. The van der Waals surface area contributed by atoms with Crippen LogP contribution in [0.5, 0.6) is 0 Å². The molecule has 0 aliphatic carbocycles. The lowest BCUT2D eigenvalue weighted by Gasteiger charge is -2.12. The van der Waals surface area contributed by atoms with Gasteiger partial charge in [0.1, 0.15) is 23.7 Å². The van der Waals surface area contributed by atoms with Crippen molar-refractivity contribution in [3.05, 3.63) is 46.3 Å². The number of nitrogens with one attached hydrogen (secondary N) is 1. The molecule has 0 saturated carbocycles. The summed E-state index contributed by atoms with van der Waals surface area (Å²) < 4.78 is 16.2. The lowest BCUT2D eigenvalue weighted by molar-refractivity contribution is -0.122. The quantitative estimate of drug-likeness (QED) is 0.796. The lowest BCUT2D eigenvalue weighted by atomic mass is 10.2. The number of aromatic nitrogens is 3. The molecular weight excluding hydrogens is 311 g/mol. The molecule has 0 bridgehead atoms. The Morgan fingerprint density at radius 1 is 1.33 bits per heavy atom. The maximum Gasteiger partial charge on any atom is 0.291 e. The topological polar surface area (TPSA) is 68.4 Å². The van der Waals surface area contributed by atoms with E-state index in [4.69, 9.17) is 0 Å². The molecule has 1 N–H and O–H groups in total. The van der Waals surface area contributed by atoms with Crippen molar-refractivity contribution in [3.63, 3.8) is 0 Å². The second-order valence-corrected chi connectivity index (χ2v) is 5.95. The number of rotatable bonds is 4. The number of amides is 1. The van der Waals surface area contributed by atoms with Crippen molar-refractivity contribution in [2.45, 2.75) is 39.8 Å². The minimum absolute atomic E-state index is 0.0388. The predicted octanol–water partition coefficient (Wildman–Crippen LogP) is 2.01. The highest BCUT2D eigenvalue weighted by Gasteiger charge is 2.15. The van der Waals surface area contributed by atoms with Crippen molar-refractivity contribution < 1.29 is 9.18 Å². The van der Waals surface area contributed by atoms with Crippen molar-refractivity contribution in [1.82, 2.24) is 19.5 Å². The second kappa shape index (κ2) is 6.07. The van der Waals surface area contributed by atoms with Gasteiger partial charge in [0.05, 0.1) is 5.52 Å². The molecule has 0 fully saturated rings. The third kappa shape index (κ3) is 2.77. The summed E-state index contributed by atoms with van der Waals surface area (Å²) in [5.41, 5.74) is 0.709. The molecule has 0 saturated heterocycles. The molecule has 2 heterocycles. The molecule has 24 heavy (non-hydrogen) atoms. The number of fused-ring (bicyclic) bond motifs is 3. The first kappa shape index (κ1) is 16.2. The minimum atomic E-state index is -0.378. The molecule has 0 spiro atoms. The molecule has 7 heteroatoms. The molecule has 0 radical (unpaired) electrons. The molecular formula is C17H19FN4O2. The van der Waals surface area contributed by atoms with Gasteiger partial charge in [-0.3, -0.25) is 14.0 Å². The molecule has 2 aromatic heterocycles. The number of halogens is 1. The zero-order chi connectivity index (χ0) is 17.4. The largest absolute Gasteiger partial charge is 0.352 e. The summed E-state index contributed by atoms with van der Waals surface area (Å²) in [6.07, 6.45) is 0.807. The van der Waals surface area contributed by atoms with Crippen LogP contribution in [0.1, 0.15) is 26.1 Å². The van der Waals surface area contributed by atoms with Crippen molar-refractivity contribution in [1.29, 1.82) is 0 Å². The number of aryl methyl sites for hydroxylation is 1. The average Bonchev–Trinajstić information content (AvgIpc) is 2.91. The molecule has 1 atom stereocenters. The van der Waals surface area contributed by atoms with Crippen LogP contribution in [-0.4, -0.2) is 26.1 Å². The van der Waals surface area contributed by atoms with E-state index in [1.807, 2.05) is 13.8 Å². The summed E-state index contributed by atoms with van der Waals surface area (Å²) in [4.78, 5) is 24.7.